The molecular formula is C14H20N2O2. The minimum absolute atomic E-state index is 0.0715. The van der Waals surface area contributed by atoms with Gasteiger partial charge in [-0.3, -0.25) is 4.90 Å². The molecule has 0 aliphatic heterocycles. The van der Waals surface area contributed by atoms with E-state index in [9.17, 15) is 0 Å². The van der Waals surface area contributed by atoms with Crippen LogP contribution in [0.4, 0.5) is 0 Å². The van der Waals surface area contributed by atoms with Gasteiger partial charge in [0, 0.05) is 33.2 Å². The molecule has 0 aliphatic rings. The Hall–Kier alpha value is -1.41. The lowest BCUT2D eigenvalue weighted by Gasteiger charge is -2.20. The molecule has 1 rings (SSSR count). The van der Waals surface area contributed by atoms with Gasteiger partial charge in [0.25, 0.3) is 0 Å². The van der Waals surface area contributed by atoms with E-state index in [0.717, 1.165) is 25.2 Å². The quantitative estimate of drug-likeness (QED) is 0.758. The largest absolute Gasteiger partial charge is 0.392 e. The summed E-state index contributed by atoms with van der Waals surface area (Å²) in [5, 5.41) is 17.6. The molecule has 0 aromatic heterocycles. The first-order valence-corrected chi connectivity index (χ1v) is 6.07. The fraction of sp³-hybridized carbons (Fsp3) is 0.500. The smallest absolute Gasteiger partial charge is 0.0681 e. The van der Waals surface area contributed by atoms with Gasteiger partial charge in [0.1, 0.15) is 0 Å². The third kappa shape index (κ3) is 5.28. The number of nitrogens with zero attached hydrogens (tertiary/aromatic N) is 2. The van der Waals surface area contributed by atoms with Gasteiger partial charge in [-0.1, -0.05) is 24.3 Å². The van der Waals surface area contributed by atoms with Crippen molar-refractivity contribution in [1.29, 1.82) is 5.26 Å². The van der Waals surface area contributed by atoms with Gasteiger partial charge in [-0.2, -0.15) is 5.26 Å². The van der Waals surface area contributed by atoms with Gasteiger partial charge >= 0.3 is 0 Å². The van der Waals surface area contributed by atoms with Crippen molar-refractivity contribution in [2.24, 2.45) is 0 Å². The SMILES string of the molecule is COCCN(CCC#N)Cc1ccc(CO)cc1. The maximum absolute atomic E-state index is 8.98. The lowest BCUT2D eigenvalue weighted by molar-refractivity contribution is 0.145. The van der Waals surface area contributed by atoms with E-state index in [0.29, 0.717) is 13.0 Å². The van der Waals surface area contributed by atoms with Crippen LogP contribution in [0.25, 0.3) is 0 Å². The van der Waals surface area contributed by atoms with Crippen LogP contribution >= 0.6 is 0 Å². The Bertz CT molecular complexity index is 370. The molecule has 18 heavy (non-hydrogen) atoms. The van der Waals surface area contributed by atoms with Gasteiger partial charge in [0.15, 0.2) is 0 Å². The van der Waals surface area contributed by atoms with E-state index in [2.05, 4.69) is 11.0 Å². The highest BCUT2D eigenvalue weighted by Crippen LogP contribution is 2.08. The fourth-order valence-corrected chi connectivity index (χ4v) is 1.71. The maximum Gasteiger partial charge on any atom is 0.0681 e. The van der Waals surface area contributed by atoms with Gasteiger partial charge in [-0.05, 0) is 11.1 Å². The lowest BCUT2D eigenvalue weighted by Crippen LogP contribution is -2.28. The summed E-state index contributed by atoms with van der Waals surface area (Å²) < 4.78 is 5.07. The summed E-state index contributed by atoms with van der Waals surface area (Å²) in [7, 11) is 1.68. The number of benzene rings is 1. The first-order valence-electron chi connectivity index (χ1n) is 6.07. The summed E-state index contributed by atoms with van der Waals surface area (Å²) in [6.07, 6.45) is 0.526. The molecule has 0 aliphatic carbocycles. The van der Waals surface area contributed by atoms with E-state index in [-0.39, 0.29) is 6.61 Å². The van der Waals surface area contributed by atoms with E-state index in [1.165, 1.54) is 5.56 Å². The number of ether oxygens (including phenoxy) is 1. The zero-order chi connectivity index (χ0) is 13.2. The fourth-order valence-electron chi connectivity index (χ4n) is 1.71. The monoisotopic (exact) mass is 248 g/mol. The second kappa shape index (κ2) is 8.65. The molecule has 0 bridgehead atoms. The molecule has 0 atom stereocenters. The zero-order valence-electron chi connectivity index (χ0n) is 10.8. The van der Waals surface area contributed by atoms with E-state index < -0.39 is 0 Å². The van der Waals surface area contributed by atoms with E-state index in [1.54, 1.807) is 7.11 Å². The molecule has 0 radical (unpaired) electrons. The Morgan fingerprint density at radius 1 is 1.22 bits per heavy atom. The standard InChI is InChI=1S/C14H20N2O2/c1-18-10-9-16(8-2-7-15)11-13-3-5-14(12-17)6-4-13/h3-6,17H,2,8-12H2,1H3. The Morgan fingerprint density at radius 2 is 1.89 bits per heavy atom. The maximum atomic E-state index is 8.98. The summed E-state index contributed by atoms with van der Waals surface area (Å²) in [6.45, 7) is 3.11. The highest BCUT2D eigenvalue weighted by atomic mass is 16.5. The van der Waals surface area contributed by atoms with Crippen molar-refractivity contribution in [1.82, 2.24) is 4.90 Å². The molecule has 98 valence electrons. The third-order valence-corrected chi connectivity index (χ3v) is 2.76. The topological polar surface area (TPSA) is 56.5 Å². The highest BCUT2D eigenvalue weighted by molar-refractivity contribution is 5.21. The average molecular weight is 248 g/mol. The first-order chi connectivity index (χ1) is 8.80. The summed E-state index contributed by atoms with van der Waals surface area (Å²) >= 11 is 0. The van der Waals surface area contributed by atoms with E-state index in [4.69, 9.17) is 15.1 Å². The molecule has 1 aromatic carbocycles. The average Bonchev–Trinajstić information content (AvgIpc) is 2.42. The summed E-state index contributed by atoms with van der Waals surface area (Å²) in [5.74, 6) is 0. The molecule has 1 aromatic rings. The Kier molecular flexibility index (Phi) is 7.04. The molecule has 0 spiro atoms. The molecule has 0 fully saturated rings. The molecule has 4 heteroatoms. The number of aliphatic hydroxyl groups is 1. The Morgan fingerprint density at radius 3 is 2.44 bits per heavy atom. The van der Waals surface area contributed by atoms with Gasteiger partial charge in [0.2, 0.25) is 0 Å². The minimum Gasteiger partial charge on any atom is -0.392 e. The van der Waals surface area contributed by atoms with Gasteiger partial charge in [-0.15, -0.1) is 0 Å². The van der Waals surface area contributed by atoms with Crippen LogP contribution in [-0.4, -0.2) is 36.8 Å². The van der Waals surface area contributed by atoms with Gasteiger partial charge < -0.3 is 9.84 Å². The molecule has 0 heterocycles. The summed E-state index contributed by atoms with van der Waals surface area (Å²) in [4.78, 5) is 2.20. The third-order valence-electron chi connectivity index (χ3n) is 2.76. The molecule has 0 saturated heterocycles. The van der Waals surface area contributed by atoms with Gasteiger partial charge in [0.05, 0.1) is 19.3 Å². The van der Waals surface area contributed by atoms with Crippen molar-refractivity contribution >= 4 is 0 Å². The van der Waals surface area contributed by atoms with Crippen molar-refractivity contribution in [2.75, 3.05) is 26.8 Å². The molecule has 0 amide bonds. The molecule has 0 unspecified atom stereocenters. The van der Waals surface area contributed by atoms with Crippen molar-refractivity contribution in [3.8, 4) is 6.07 Å². The van der Waals surface area contributed by atoms with Crippen molar-refractivity contribution in [2.45, 2.75) is 19.6 Å². The van der Waals surface area contributed by atoms with Crippen molar-refractivity contribution < 1.29 is 9.84 Å². The van der Waals surface area contributed by atoms with Crippen LogP contribution in [-0.2, 0) is 17.9 Å². The van der Waals surface area contributed by atoms with Crippen LogP contribution in [0.2, 0.25) is 0 Å². The number of rotatable bonds is 8. The number of methoxy groups -OCH3 is 1. The van der Waals surface area contributed by atoms with E-state index in [1.807, 2.05) is 24.3 Å². The predicted molar refractivity (Wildman–Crippen MR) is 69.7 cm³/mol. The van der Waals surface area contributed by atoms with Crippen LogP contribution in [0.15, 0.2) is 24.3 Å². The number of aliphatic hydroxyl groups excluding tert-OH is 1. The normalized spacial score (nSPS) is 10.6. The first kappa shape index (κ1) is 14.7. The predicted octanol–water partition coefficient (Wildman–Crippen LogP) is 1.54. The van der Waals surface area contributed by atoms with Gasteiger partial charge in [-0.25, -0.2) is 0 Å². The Labute approximate surface area is 108 Å². The molecular weight excluding hydrogens is 228 g/mol. The summed E-state index contributed by atoms with van der Waals surface area (Å²) in [5.41, 5.74) is 2.10. The number of nitriles is 1. The van der Waals surface area contributed by atoms with Crippen LogP contribution < -0.4 is 0 Å². The Balaban J connectivity index is 2.54. The number of hydrogen-bond acceptors (Lipinski definition) is 4. The summed E-state index contributed by atoms with van der Waals surface area (Å²) in [6, 6.07) is 10.0. The molecule has 0 saturated carbocycles. The molecule has 1 N–H and O–H groups in total. The van der Waals surface area contributed by atoms with Crippen LogP contribution in [0.1, 0.15) is 17.5 Å². The molecule has 4 nitrogen and oxygen atoms in total. The van der Waals surface area contributed by atoms with Crippen molar-refractivity contribution in [3.63, 3.8) is 0 Å². The highest BCUT2D eigenvalue weighted by Gasteiger charge is 2.05. The minimum atomic E-state index is 0.0715. The van der Waals surface area contributed by atoms with Crippen LogP contribution in [0.5, 0.6) is 0 Å². The van der Waals surface area contributed by atoms with E-state index >= 15 is 0 Å². The second-order valence-electron chi connectivity index (χ2n) is 4.15. The second-order valence-corrected chi connectivity index (χ2v) is 4.15. The van der Waals surface area contributed by atoms with Crippen LogP contribution in [0, 0.1) is 11.3 Å². The lowest BCUT2D eigenvalue weighted by atomic mass is 10.1. The van der Waals surface area contributed by atoms with Crippen LogP contribution in [0.3, 0.4) is 0 Å². The number of hydrogen-bond donors (Lipinski definition) is 1. The zero-order valence-corrected chi connectivity index (χ0v) is 10.8. The van der Waals surface area contributed by atoms with Crippen molar-refractivity contribution in [3.05, 3.63) is 35.4 Å².